The number of aryl methyl sites for hydroxylation is 4. The molecule has 0 radical (unpaired) electrons. The molecule has 3 N–H and O–H groups in total. The van der Waals surface area contributed by atoms with E-state index in [-0.39, 0.29) is 12.5 Å². The highest BCUT2D eigenvalue weighted by atomic mass is 79.9. The molecule has 1 amide bonds. The fourth-order valence-corrected chi connectivity index (χ4v) is 4.60. The average molecular weight is 434 g/mol. The van der Waals surface area contributed by atoms with Crippen LogP contribution >= 0.6 is 27.3 Å². The number of thiazole rings is 1. The van der Waals surface area contributed by atoms with Crippen molar-refractivity contribution in [2.45, 2.75) is 27.7 Å². The quantitative estimate of drug-likeness (QED) is 0.613. The van der Waals surface area contributed by atoms with Crippen molar-refractivity contribution in [3.8, 4) is 5.75 Å². The Balaban J connectivity index is 1.78. The number of aromatic nitrogens is 1. The minimum atomic E-state index is -0.208. The van der Waals surface area contributed by atoms with Gasteiger partial charge >= 0.3 is 0 Å². The number of halogens is 1. The summed E-state index contributed by atoms with van der Waals surface area (Å²) in [7, 11) is 0. The van der Waals surface area contributed by atoms with Crippen molar-refractivity contribution in [1.82, 2.24) is 4.98 Å². The van der Waals surface area contributed by atoms with E-state index in [1.54, 1.807) is 0 Å². The summed E-state index contributed by atoms with van der Waals surface area (Å²) in [6, 6.07) is 5.93. The molecule has 26 heavy (non-hydrogen) atoms. The Bertz CT molecular complexity index is 991. The molecule has 1 aromatic heterocycles. The molecule has 0 saturated heterocycles. The van der Waals surface area contributed by atoms with Crippen LogP contribution in [0.1, 0.15) is 22.3 Å². The highest BCUT2D eigenvalue weighted by molar-refractivity contribution is 9.10. The molecule has 0 unspecified atom stereocenters. The molecule has 7 heteroatoms. The molecule has 136 valence electrons. The molecule has 0 spiro atoms. The van der Waals surface area contributed by atoms with Gasteiger partial charge in [0.25, 0.3) is 5.91 Å². The molecule has 0 fully saturated rings. The number of ether oxygens (including phenoxy) is 1. The van der Waals surface area contributed by atoms with Gasteiger partial charge in [0.1, 0.15) is 5.75 Å². The second-order valence-electron chi connectivity index (χ2n) is 6.32. The summed E-state index contributed by atoms with van der Waals surface area (Å²) in [6.07, 6.45) is 0. The number of hydrogen-bond donors (Lipinski definition) is 2. The molecule has 0 aliphatic heterocycles. The Morgan fingerprint density at radius 1 is 1.23 bits per heavy atom. The van der Waals surface area contributed by atoms with Gasteiger partial charge in [0.15, 0.2) is 11.7 Å². The minimum absolute atomic E-state index is 0.0652. The lowest BCUT2D eigenvalue weighted by atomic mass is 10.1. The Hall–Kier alpha value is -2.12. The van der Waals surface area contributed by atoms with Crippen molar-refractivity contribution < 1.29 is 9.53 Å². The van der Waals surface area contributed by atoms with Gasteiger partial charge in [-0.15, -0.1) is 0 Å². The summed E-state index contributed by atoms with van der Waals surface area (Å²) in [5, 5.41) is 3.48. The van der Waals surface area contributed by atoms with E-state index in [2.05, 4.69) is 26.2 Å². The fourth-order valence-electron chi connectivity index (χ4n) is 2.99. The number of nitrogens with two attached hydrogens (primary N) is 1. The molecule has 0 bridgehead atoms. The second kappa shape index (κ2) is 7.25. The Labute approximate surface area is 164 Å². The number of nitrogen functional groups attached to an aromatic ring is 1. The Morgan fingerprint density at radius 3 is 2.65 bits per heavy atom. The zero-order valence-corrected chi connectivity index (χ0v) is 17.5. The molecular weight excluding hydrogens is 414 g/mol. The third-order valence-electron chi connectivity index (χ3n) is 4.12. The van der Waals surface area contributed by atoms with Crippen LogP contribution in [0.5, 0.6) is 5.75 Å². The number of benzene rings is 2. The molecule has 0 saturated carbocycles. The van der Waals surface area contributed by atoms with Crippen LogP contribution in [0.15, 0.2) is 22.7 Å². The number of carbonyl (C=O) groups excluding carboxylic acids is 1. The summed E-state index contributed by atoms with van der Waals surface area (Å²) in [5.74, 6) is 0.477. The zero-order valence-electron chi connectivity index (χ0n) is 15.1. The lowest BCUT2D eigenvalue weighted by molar-refractivity contribution is -0.118. The van der Waals surface area contributed by atoms with Gasteiger partial charge in [0.05, 0.1) is 14.7 Å². The van der Waals surface area contributed by atoms with Gasteiger partial charge < -0.3 is 15.8 Å². The van der Waals surface area contributed by atoms with Gasteiger partial charge in [-0.3, -0.25) is 4.79 Å². The molecule has 5 nitrogen and oxygen atoms in total. The molecule has 0 aliphatic rings. The molecular formula is C19H20BrN3O2S. The van der Waals surface area contributed by atoms with Crippen LogP contribution in [0.25, 0.3) is 10.2 Å². The first-order valence-electron chi connectivity index (χ1n) is 8.12. The van der Waals surface area contributed by atoms with Crippen molar-refractivity contribution in [2.75, 3.05) is 17.7 Å². The van der Waals surface area contributed by atoms with E-state index in [1.807, 2.05) is 45.9 Å². The summed E-state index contributed by atoms with van der Waals surface area (Å²) in [4.78, 5) is 16.7. The SMILES string of the molecule is Cc1cc(C)c(OCC(=O)Nc2c(C)cc3nc(N)sc3c2C)c(Br)c1. The van der Waals surface area contributed by atoms with Crippen molar-refractivity contribution in [3.63, 3.8) is 0 Å². The summed E-state index contributed by atoms with van der Waals surface area (Å²) in [6.45, 7) is 7.82. The van der Waals surface area contributed by atoms with Gasteiger partial charge in [-0.25, -0.2) is 4.98 Å². The van der Waals surface area contributed by atoms with Gasteiger partial charge in [0.2, 0.25) is 0 Å². The predicted molar refractivity (Wildman–Crippen MR) is 111 cm³/mol. The number of hydrogen-bond acceptors (Lipinski definition) is 5. The summed E-state index contributed by atoms with van der Waals surface area (Å²) in [5.41, 5.74) is 11.5. The van der Waals surface area contributed by atoms with E-state index < -0.39 is 0 Å². The first kappa shape index (κ1) is 18.7. The second-order valence-corrected chi connectivity index (χ2v) is 8.21. The highest BCUT2D eigenvalue weighted by Crippen LogP contribution is 2.34. The fraction of sp³-hybridized carbons (Fsp3) is 0.263. The van der Waals surface area contributed by atoms with Crippen molar-refractivity contribution >= 4 is 54.2 Å². The Morgan fingerprint density at radius 2 is 1.96 bits per heavy atom. The van der Waals surface area contributed by atoms with Crippen molar-refractivity contribution in [1.29, 1.82) is 0 Å². The maximum Gasteiger partial charge on any atom is 0.262 e. The lowest BCUT2D eigenvalue weighted by Crippen LogP contribution is -2.21. The van der Waals surface area contributed by atoms with E-state index in [0.717, 1.165) is 42.6 Å². The molecule has 1 heterocycles. The van der Waals surface area contributed by atoms with Crippen LogP contribution in [0.2, 0.25) is 0 Å². The van der Waals surface area contributed by atoms with E-state index in [4.69, 9.17) is 10.5 Å². The maximum absolute atomic E-state index is 12.4. The normalized spacial score (nSPS) is 11.0. The molecule has 0 aliphatic carbocycles. The van der Waals surface area contributed by atoms with Gasteiger partial charge in [0, 0.05) is 5.69 Å². The van der Waals surface area contributed by atoms with Crippen LogP contribution in [0.3, 0.4) is 0 Å². The van der Waals surface area contributed by atoms with Gasteiger partial charge in [-0.05, 0) is 78.0 Å². The number of carbonyl (C=O) groups is 1. The molecule has 3 aromatic rings. The first-order chi connectivity index (χ1) is 12.3. The van der Waals surface area contributed by atoms with Gasteiger partial charge in [-0.2, -0.15) is 0 Å². The molecule has 3 rings (SSSR count). The standard InChI is InChI=1S/C19H20BrN3O2S/c1-9-5-11(3)17(13(20)6-9)25-8-15(24)23-16-10(2)7-14-18(12(16)4)26-19(21)22-14/h5-7H,8H2,1-4H3,(H2,21,22)(H,23,24). The third kappa shape index (κ3) is 3.68. The van der Waals surface area contributed by atoms with E-state index in [1.165, 1.54) is 11.3 Å². The molecule has 0 atom stereocenters. The lowest BCUT2D eigenvalue weighted by Gasteiger charge is -2.14. The number of nitrogens with zero attached hydrogens (tertiary/aromatic N) is 1. The largest absolute Gasteiger partial charge is 0.482 e. The van der Waals surface area contributed by atoms with Crippen molar-refractivity contribution in [2.24, 2.45) is 0 Å². The predicted octanol–water partition coefficient (Wildman–Crippen LogP) is 4.89. The highest BCUT2D eigenvalue weighted by Gasteiger charge is 2.15. The number of fused-ring (bicyclic) bond motifs is 1. The van der Waals surface area contributed by atoms with Crippen LogP contribution in [0.4, 0.5) is 10.8 Å². The van der Waals surface area contributed by atoms with Crippen LogP contribution in [0, 0.1) is 27.7 Å². The number of rotatable bonds is 4. The third-order valence-corrected chi connectivity index (χ3v) is 5.73. The number of nitrogens with one attached hydrogen (secondary N) is 1. The summed E-state index contributed by atoms with van der Waals surface area (Å²) >= 11 is 4.92. The number of amides is 1. The smallest absolute Gasteiger partial charge is 0.262 e. The maximum atomic E-state index is 12.4. The van der Waals surface area contributed by atoms with Crippen LogP contribution in [-0.4, -0.2) is 17.5 Å². The van der Waals surface area contributed by atoms with E-state index in [9.17, 15) is 4.79 Å². The number of anilines is 2. The Kier molecular flexibility index (Phi) is 5.20. The van der Waals surface area contributed by atoms with Crippen molar-refractivity contribution in [3.05, 3.63) is 44.9 Å². The van der Waals surface area contributed by atoms with Crippen LogP contribution in [-0.2, 0) is 4.79 Å². The monoisotopic (exact) mass is 433 g/mol. The molecule has 2 aromatic carbocycles. The summed E-state index contributed by atoms with van der Waals surface area (Å²) < 4.78 is 7.57. The minimum Gasteiger partial charge on any atom is -0.482 e. The first-order valence-corrected chi connectivity index (χ1v) is 9.73. The van der Waals surface area contributed by atoms with Crippen LogP contribution < -0.4 is 15.8 Å². The van der Waals surface area contributed by atoms with Gasteiger partial charge in [-0.1, -0.05) is 17.4 Å². The topological polar surface area (TPSA) is 77.2 Å². The van der Waals surface area contributed by atoms with E-state index >= 15 is 0 Å². The average Bonchev–Trinajstić information content (AvgIpc) is 2.91. The van der Waals surface area contributed by atoms with E-state index in [0.29, 0.717) is 10.9 Å². The zero-order chi connectivity index (χ0) is 19.0.